The van der Waals surface area contributed by atoms with Gasteiger partial charge in [-0.15, -0.1) is 0 Å². The van der Waals surface area contributed by atoms with Gasteiger partial charge in [-0.2, -0.15) is 0 Å². The van der Waals surface area contributed by atoms with E-state index in [0.29, 0.717) is 6.16 Å². The number of benzene rings is 4. The molecule has 1 heterocycles. The zero-order valence-electron chi connectivity index (χ0n) is 19.4. The molecule has 35 heavy (non-hydrogen) atoms. The first kappa shape index (κ1) is 23.5. The molecular weight excluding hydrogens is 467 g/mol. The molecule has 4 aromatic carbocycles. The average Bonchev–Trinajstić information content (AvgIpc) is 3.36. The van der Waals surface area contributed by atoms with Gasteiger partial charge in [0.2, 0.25) is 0 Å². The van der Waals surface area contributed by atoms with Crippen LogP contribution in [0.15, 0.2) is 128 Å². The molecular formula is C28H26BN3OP2. The van der Waals surface area contributed by atoms with Crippen LogP contribution in [0, 0.1) is 0 Å². The van der Waals surface area contributed by atoms with Gasteiger partial charge in [0.1, 0.15) is 0 Å². The first-order valence-corrected chi connectivity index (χ1v) is 15.6. The standard InChI is InChI=1S/C28H26BN3OP2/c29-34(25-13-5-1-6-14-25,26-15-7-2-8-16-26)22-24-21-32(31-30-24)23-35(33,27-17-9-3-10-18-27)28-19-11-4-12-20-28/h1-21,29H,22-23H2. The Morgan fingerprint density at radius 3 is 1.57 bits per heavy atom. The predicted octanol–water partition coefficient (Wildman–Crippen LogP) is 4.23. The Hall–Kier alpha value is -3.26. The Balaban J connectivity index is 1.49. The molecule has 172 valence electrons. The first-order valence-electron chi connectivity index (χ1n) is 11.5. The van der Waals surface area contributed by atoms with Gasteiger partial charge in [-0.1, -0.05) is 0 Å². The maximum atomic E-state index is 14.4. The van der Waals surface area contributed by atoms with Crippen molar-refractivity contribution in [3.8, 4) is 0 Å². The van der Waals surface area contributed by atoms with E-state index in [0.717, 1.165) is 16.3 Å². The van der Waals surface area contributed by atoms with Gasteiger partial charge in [-0.05, 0) is 0 Å². The fourth-order valence-electron chi connectivity index (χ4n) is 4.37. The van der Waals surface area contributed by atoms with Gasteiger partial charge in [0.25, 0.3) is 0 Å². The monoisotopic (exact) mass is 493 g/mol. The molecule has 0 spiro atoms. The van der Waals surface area contributed by atoms with Gasteiger partial charge in [0.05, 0.1) is 0 Å². The number of hydrogen-bond acceptors (Lipinski definition) is 3. The molecule has 0 amide bonds. The molecule has 0 fully saturated rings. The van der Waals surface area contributed by atoms with E-state index in [2.05, 4.69) is 58.8 Å². The summed E-state index contributed by atoms with van der Waals surface area (Å²) < 4.78 is 16.2. The van der Waals surface area contributed by atoms with Crippen molar-refractivity contribution in [3.63, 3.8) is 0 Å². The zero-order chi connectivity index (χ0) is 24.1. The van der Waals surface area contributed by atoms with Crippen molar-refractivity contribution >= 4 is 43.1 Å². The van der Waals surface area contributed by atoms with E-state index in [-0.39, 0.29) is 6.29 Å². The molecule has 0 saturated carbocycles. The van der Waals surface area contributed by atoms with E-state index in [4.69, 9.17) is 7.57 Å². The summed E-state index contributed by atoms with van der Waals surface area (Å²) in [6, 6.07) is 40.2. The normalized spacial score (nSPS) is 12.3. The second kappa shape index (κ2) is 10.2. The minimum absolute atomic E-state index is 0.257. The topological polar surface area (TPSA) is 47.8 Å². The third kappa shape index (κ3) is 4.94. The summed E-state index contributed by atoms with van der Waals surface area (Å²) in [7, 11) is -0.167. The van der Waals surface area contributed by atoms with E-state index in [1.807, 2.05) is 79.0 Å². The molecule has 0 radical (unpaired) electrons. The van der Waals surface area contributed by atoms with Gasteiger partial charge in [0, 0.05) is 0 Å². The van der Waals surface area contributed by atoms with Gasteiger partial charge in [-0.3, -0.25) is 0 Å². The molecule has 0 N–H and O–H groups in total. The summed E-state index contributed by atoms with van der Waals surface area (Å²) in [5.74, 6) is 0. The van der Waals surface area contributed by atoms with Gasteiger partial charge < -0.3 is 0 Å². The summed E-state index contributed by atoms with van der Waals surface area (Å²) in [5, 5.41) is 13.0. The Morgan fingerprint density at radius 1 is 0.686 bits per heavy atom. The van der Waals surface area contributed by atoms with Crippen LogP contribution in [0.1, 0.15) is 5.69 Å². The SMILES string of the molecule is [BH+][P-](Cc1cn(CP(=O)(c2ccccc2)c2ccccc2)nn1)(c1ccccc1)c1ccccc1. The van der Waals surface area contributed by atoms with Gasteiger partial charge in [-0.25, -0.2) is 0 Å². The second-order valence-corrected chi connectivity index (χ2v) is 14.7. The molecule has 4 nitrogen and oxygen atoms in total. The fraction of sp³-hybridized carbons (Fsp3) is 0.0714. The maximum absolute atomic E-state index is 14.4. The summed E-state index contributed by atoms with van der Waals surface area (Å²) in [6.07, 6.45) is 2.87. The predicted molar refractivity (Wildman–Crippen MR) is 150 cm³/mol. The molecule has 0 aliphatic heterocycles. The van der Waals surface area contributed by atoms with Crippen LogP contribution in [0.5, 0.6) is 0 Å². The van der Waals surface area contributed by atoms with E-state index < -0.39 is 14.3 Å². The third-order valence-corrected chi connectivity index (χ3v) is 12.6. The van der Waals surface area contributed by atoms with E-state index in [1.54, 1.807) is 4.68 Å². The first-order chi connectivity index (χ1) is 17.1. The quantitative estimate of drug-likeness (QED) is 0.240. The number of hydrogen-bond donors (Lipinski definition) is 0. The molecule has 5 aromatic rings. The second-order valence-electron chi connectivity index (χ2n) is 8.60. The molecule has 5 rings (SSSR count). The summed E-state index contributed by atoms with van der Waals surface area (Å²) in [6.45, 7) is 0. The molecule has 0 atom stereocenters. The number of rotatable bonds is 8. The van der Waals surface area contributed by atoms with Crippen LogP contribution in [0.25, 0.3) is 0 Å². The summed E-state index contributed by atoms with van der Waals surface area (Å²) >= 11 is 0. The Morgan fingerprint density at radius 2 is 1.11 bits per heavy atom. The van der Waals surface area contributed by atoms with Crippen molar-refractivity contribution in [3.05, 3.63) is 133 Å². The molecule has 1 aromatic heterocycles. The van der Waals surface area contributed by atoms with Crippen LogP contribution in [-0.4, -0.2) is 22.6 Å². The Bertz CT molecular complexity index is 1350. The van der Waals surface area contributed by atoms with E-state index >= 15 is 0 Å². The van der Waals surface area contributed by atoms with Crippen LogP contribution >= 0.6 is 14.3 Å². The van der Waals surface area contributed by atoms with Crippen LogP contribution in [0.4, 0.5) is 0 Å². The molecule has 0 aliphatic carbocycles. The van der Waals surface area contributed by atoms with Crippen molar-refractivity contribution in [2.75, 3.05) is 0 Å². The fourth-order valence-corrected chi connectivity index (χ4v) is 9.69. The van der Waals surface area contributed by atoms with Gasteiger partial charge >= 0.3 is 208 Å². The summed E-state index contributed by atoms with van der Waals surface area (Å²) in [5.41, 5.74) is 0.855. The van der Waals surface area contributed by atoms with Crippen molar-refractivity contribution in [2.24, 2.45) is 0 Å². The molecule has 7 heteroatoms. The van der Waals surface area contributed by atoms with Crippen LogP contribution in [0.3, 0.4) is 0 Å². The van der Waals surface area contributed by atoms with Crippen molar-refractivity contribution in [1.29, 1.82) is 0 Å². The Labute approximate surface area is 208 Å². The molecule has 0 bridgehead atoms. The van der Waals surface area contributed by atoms with Crippen LogP contribution < -0.4 is 21.2 Å². The molecule has 0 unspecified atom stereocenters. The molecule has 0 aliphatic rings. The Kier molecular flexibility index (Phi) is 6.82. The van der Waals surface area contributed by atoms with Crippen molar-refractivity contribution in [2.45, 2.75) is 12.4 Å². The van der Waals surface area contributed by atoms with Crippen molar-refractivity contribution in [1.82, 2.24) is 15.0 Å². The summed E-state index contributed by atoms with van der Waals surface area (Å²) in [4.78, 5) is 0. The minimum atomic E-state index is -2.95. The van der Waals surface area contributed by atoms with Gasteiger partial charge in [0.15, 0.2) is 0 Å². The zero-order valence-corrected chi connectivity index (χ0v) is 21.2. The van der Waals surface area contributed by atoms with Crippen LogP contribution in [-0.2, 0) is 17.0 Å². The third-order valence-electron chi connectivity index (χ3n) is 6.21. The number of aromatic nitrogens is 3. The number of nitrogens with zero attached hydrogens (tertiary/aromatic N) is 3. The van der Waals surface area contributed by atoms with E-state index in [9.17, 15) is 4.57 Å². The van der Waals surface area contributed by atoms with Crippen LogP contribution in [0.2, 0.25) is 0 Å². The van der Waals surface area contributed by atoms with Crippen molar-refractivity contribution < 1.29 is 4.57 Å². The molecule has 0 saturated heterocycles. The van der Waals surface area contributed by atoms with E-state index in [1.165, 1.54) is 10.6 Å². The average molecular weight is 493 g/mol.